The number of nitrogens with one attached hydrogen (secondary N) is 2. The number of hydrogen-bond donors (Lipinski definition) is 2. The zero-order chi connectivity index (χ0) is 13.2. The number of methoxy groups -OCH3 is 1. The van der Waals surface area contributed by atoms with Gasteiger partial charge in [-0.3, -0.25) is 9.78 Å². The second kappa shape index (κ2) is 8.25. The average Bonchev–Trinajstić information content (AvgIpc) is 2.41. The molecule has 0 aliphatic carbocycles. The van der Waals surface area contributed by atoms with Gasteiger partial charge in [0.1, 0.15) is 0 Å². The monoisotopic (exact) mass is 249 g/mol. The normalized spacial score (nSPS) is 9.83. The molecule has 98 valence electrons. The highest BCUT2D eigenvalue weighted by Gasteiger charge is 2.05. The number of ether oxygens (including phenoxy) is 1. The summed E-state index contributed by atoms with van der Waals surface area (Å²) < 4.78 is 4.96. The molecule has 18 heavy (non-hydrogen) atoms. The molecule has 0 spiro atoms. The first-order valence-electron chi connectivity index (χ1n) is 5.85. The van der Waals surface area contributed by atoms with Crippen molar-refractivity contribution in [3.05, 3.63) is 36.7 Å². The van der Waals surface area contributed by atoms with Crippen molar-refractivity contribution in [2.24, 2.45) is 0 Å². The van der Waals surface area contributed by atoms with Crippen LogP contribution in [0.15, 0.2) is 31.1 Å². The summed E-state index contributed by atoms with van der Waals surface area (Å²) in [6.45, 7) is 5.49. The second-order valence-corrected chi connectivity index (χ2v) is 3.73. The molecule has 5 heteroatoms. The van der Waals surface area contributed by atoms with Crippen molar-refractivity contribution in [1.82, 2.24) is 10.3 Å². The lowest BCUT2D eigenvalue weighted by Crippen LogP contribution is -2.23. The minimum atomic E-state index is -0.150. The van der Waals surface area contributed by atoms with E-state index in [2.05, 4.69) is 22.2 Å². The number of anilines is 1. The van der Waals surface area contributed by atoms with Gasteiger partial charge < -0.3 is 15.4 Å². The molecule has 1 amide bonds. The van der Waals surface area contributed by atoms with E-state index in [1.807, 2.05) is 0 Å². The first kappa shape index (κ1) is 14.2. The second-order valence-electron chi connectivity index (χ2n) is 3.73. The van der Waals surface area contributed by atoms with Crippen molar-refractivity contribution in [2.75, 3.05) is 32.1 Å². The van der Waals surface area contributed by atoms with Crippen LogP contribution < -0.4 is 10.6 Å². The van der Waals surface area contributed by atoms with E-state index < -0.39 is 0 Å². The van der Waals surface area contributed by atoms with Crippen LogP contribution in [0.3, 0.4) is 0 Å². The molecular weight excluding hydrogens is 230 g/mol. The van der Waals surface area contributed by atoms with E-state index >= 15 is 0 Å². The molecule has 0 fully saturated rings. The minimum Gasteiger partial charge on any atom is -0.385 e. The summed E-state index contributed by atoms with van der Waals surface area (Å²) in [5.41, 5.74) is 1.37. The largest absolute Gasteiger partial charge is 0.385 e. The van der Waals surface area contributed by atoms with Crippen LogP contribution in [-0.2, 0) is 4.74 Å². The third kappa shape index (κ3) is 4.97. The number of carbonyl (C=O) groups is 1. The average molecular weight is 249 g/mol. The maximum absolute atomic E-state index is 11.7. The number of carbonyl (C=O) groups excluding carboxylic acids is 1. The highest BCUT2D eigenvalue weighted by Crippen LogP contribution is 2.08. The van der Waals surface area contributed by atoms with Crippen molar-refractivity contribution in [1.29, 1.82) is 0 Å². The van der Waals surface area contributed by atoms with Crippen LogP contribution in [0, 0.1) is 0 Å². The van der Waals surface area contributed by atoms with Gasteiger partial charge in [-0.05, 0) is 12.5 Å². The van der Waals surface area contributed by atoms with E-state index in [9.17, 15) is 4.79 Å². The van der Waals surface area contributed by atoms with Gasteiger partial charge in [-0.2, -0.15) is 0 Å². The number of pyridine rings is 1. The van der Waals surface area contributed by atoms with Crippen LogP contribution in [0.25, 0.3) is 0 Å². The van der Waals surface area contributed by atoms with E-state index in [1.165, 1.54) is 0 Å². The van der Waals surface area contributed by atoms with Crippen molar-refractivity contribution >= 4 is 11.6 Å². The summed E-state index contributed by atoms with van der Waals surface area (Å²) in [6.07, 6.45) is 5.78. The fourth-order valence-electron chi connectivity index (χ4n) is 1.38. The number of hydrogen-bond acceptors (Lipinski definition) is 4. The Morgan fingerprint density at radius 2 is 2.39 bits per heavy atom. The Labute approximate surface area is 107 Å². The van der Waals surface area contributed by atoms with Gasteiger partial charge in [0.15, 0.2) is 0 Å². The fourth-order valence-corrected chi connectivity index (χ4v) is 1.38. The van der Waals surface area contributed by atoms with Crippen LogP contribution in [-0.4, -0.2) is 37.7 Å². The Morgan fingerprint density at radius 3 is 3.11 bits per heavy atom. The lowest BCUT2D eigenvalue weighted by molar-refractivity contribution is 0.0957. The van der Waals surface area contributed by atoms with Crippen molar-refractivity contribution < 1.29 is 9.53 Å². The number of nitrogens with zero attached hydrogens (tertiary/aromatic N) is 1. The number of rotatable bonds is 8. The minimum absolute atomic E-state index is 0.150. The summed E-state index contributed by atoms with van der Waals surface area (Å²) in [5.74, 6) is -0.150. The lowest BCUT2D eigenvalue weighted by Gasteiger charge is -2.07. The van der Waals surface area contributed by atoms with Gasteiger partial charge in [0.25, 0.3) is 5.91 Å². The van der Waals surface area contributed by atoms with Crippen LogP contribution in [0.5, 0.6) is 0 Å². The van der Waals surface area contributed by atoms with Gasteiger partial charge in [0.2, 0.25) is 0 Å². The predicted molar refractivity (Wildman–Crippen MR) is 71.7 cm³/mol. The third-order valence-corrected chi connectivity index (χ3v) is 2.26. The maximum Gasteiger partial charge on any atom is 0.253 e. The predicted octanol–water partition coefficient (Wildman–Crippen LogP) is 1.45. The molecule has 0 aliphatic rings. The van der Waals surface area contributed by atoms with Gasteiger partial charge in [0, 0.05) is 39.2 Å². The first-order valence-corrected chi connectivity index (χ1v) is 5.85. The molecule has 0 unspecified atom stereocenters. The lowest BCUT2D eigenvalue weighted by atomic mass is 10.2. The standard InChI is InChI=1S/C13H19N3O2/c1-3-5-16-13(17)11-8-12(10-14-9-11)15-6-4-7-18-2/h3,8-10,15H,1,4-7H2,2H3,(H,16,17). The molecule has 2 N–H and O–H groups in total. The SMILES string of the molecule is C=CCNC(=O)c1cncc(NCCCOC)c1. The van der Waals surface area contributed by atoms with Crippen molar-refractivity contribution in [2.45, 2.75) is 6.42 Å². The molecule has 1 aromatic heterocycles. The van der Waals surface area contributed by atoms with Crippen LogP contribution >= 0.6 is 0 Å². The number of amides is 1. The summed E-state index contributed by atoms with van der Waals surface area (Å²) >= 11 is 0. The Balaban J connectivity index is 2.50. The topological polar surface area (TPSA) is 63.2 Å². The Morgan fingerprint density at radius 1 is 1.56 bits per heavy atom. The maximum atomic E-state index is 11.7. The Hall–Kier alpha value is -1.88. The Kier molecular flexibility index (Phi) is 6.50. The molecule has 0 aliphatic heterocycles. The molecule has 0 aromatic carbocycles. The van der Waals surface area contributed by atoms with E-state index in [0.29, 0.717) is 18.7 Å². The molecule has 0 saturated carbocycles. The van der Waals surface area contributed by atoms with E-state index in [0.717, 1.165) is 18.7 Å². The molecule has 1 heterocycles. The molecule has 1 aromatic rings. The van der Waals surface area contributed by atoms with E-state index in [4.69, 9.17) is 4.74 Å². The molecule has 5 nitrogen and oxygen atoms in total. The first-order chi connectivity index (χ1) is 8.77. The fraction of sp³-hybridized carbons (Fsp3) is 0.385. The van der Waals surface area contributed by atoms with Crippen LogP contribution in [0.4, 0.5) is 5.69 Å². The van der Waals surface area contributed by atoms with E-state index in [1.54, 1.807) is 31.6 Å². The molecular formula is C13H19N3O2. The number of aromatic nitrogens is 1. The molecule has 0 saturated heterocycles. The van der Waals surface area contributed by atoms with Gasteiger partial charge in [-0.25, -0.2) is 0 Å². The zero-order valence-electron chi connectivity index (χ0n) is 10.6. The molecule has 1 rings (SSSR count). The molecule has 0 atom stereocenters. The van der Waals surface area contributed by atoms with Gasteiger partial charge >= 0.3 is 0 Å². The summed E-state index contributed by atoms with van der Waals surface area (Å²) in [7, 11) is 1.67. The highest BCUT2D eigenvalue weighted by atomic mass is 16.5. The zero-order valence-corrected chi connectivity index (χ0v) is 10.6. The van der Waals surface area contributed by atoms with Crippen molar-refractivity contribution in [3.63, 3.8) is 0 Å². The third-order valence-electron chi connectivity index (χ3n) is 2.26. The van der Waals surface area contributed by atoms with Gasteiger partial charge in [0.05, 0.1) is 11.3 Å². The summed E-state index contributed by atoms with van der Waals surface area (Å²) in [6, 6.07) is 1.78. The van der Waals surface area contributed by atoms with Gasteiger partial charge in [-0.15, -0.1) is 6.58 Å². The van der Waals surface area contributed by atoms with Gasteiger partial charge in [-0.1, -0.05) is 6.08 Å². The molecule has 0 bridgehead atoms. The van der Waals surface area contributed by atoms with Crippen molar-refractivity contribution in [3.8, 4) is 0 Å². The quantitative estimate of drug-likeness (QED) is 0.540. The van der Waals surface area contributed by atoms with Crippen LogP contribution in [0.1, 0.15) is 16.8 Å². The summed E-state index contributed by atoms with van der Waals surface area (Å²) in [5, 5.41) is 5.90. The van der Waals surface area contributed by atoms with E-state index in [-0.39, 0.29) is 5.91 Å². The Bertz CT molecular complexity index is 394. The smallest absolute Gasteiger partial charge is 0.253 e. The highest BCUT2D eigenvalue weighted by molar-refractivity contribution is 5.94. The summed E-state index contributed by atoms with van der Waals surface area (Å²) in [4.78, 5) is 15.7. The van der Waals surface area contributed by atoms with Crippen LogP contribution in [0.2, 0.25) is 0 Å². The molecule has 0 radical (unpaired) electrons.